The van der Waals surface area contributed by atoms with Crippen LogP contribution in [0.25, 0.3) is 10.2 Å². The highest BCUT2D eigenvalue weighted by molar-refractivity contribution is 7.20. The molecule has 1 aliphatic rings. The van der Waals surface area contributed by atoms with Gasteiger partial charge in [0.15, 0.2) is 0 Å². The fourth-order valence-corrected chi connectivity index (χ4v) is 4.95. The van der Waals surface area contributed by atoms with Crippen LogP contribution in [0.3, 0.4) is 0 Å². The monoisotopic (exact) mass is 438 g/mol. The molecule has 8 heteroatoms. The van der Waals surface area contributed by atoms with Crippen molar-refractivity contribution in [2.45, 2.75) is 46.1 Å². The molecule has 0 radical (unpaired) electrons. The Balaban J connectivity index is 1.54. The van der Waals surface area contributed by atoms with Gasteiger partial charge in [-0.05, 0) is 48.9 Å². The second-order valence-electron chi connectivity index (χ2n) is 8.24. The lowest BCUT2D eigenvalue weighted by molar-refractivity contribution is -0.116. The number of fused-ring (bicyclic) bond motifs is 1. The molecule has 1 aromatic carbocycles. The van der Waals surface area contributed by atoms with E-state index in [4.69, 9.17) is 0 Å². The molecule has 0 aliphatic carbocycles. The summed E-state index contributed by atoms with van der Waals surface area (Å²) in [5, 5.41) is 3.24. The van der Waals surface area contributed by atoms with Gasteiger partial charge in [-0.2, -0.15) is 0 Å². The Hall–Kier alpha value is -3.00. The van der Waals surface area contributed by atoms with Crippen LogP contribution in [0.5, 0.6) is 0 Å². The van der Waals surface area contributed by atoms with Crippen molar-refractivity contribution in [3.63, 3.8) is 0 Å². The van der Waals surface area contributed by atoms with Crippen molar-refractivity contribution in [3.8, 4) is 0 Å². The summed E-state index contributed by atoms with van der Waals surface area (Å²) in [6, 6.07) is 7.68. The smallest absolute Gasteiger partial charge is 0.264 e. The molecule has 1 aliphatic heterocycles. The third-order valence-corrected chi connectivity index (χ3v) is 6.87. The van der Waals surface area contributed by atoms with E-state index in [0.29, 0.717) is 32.3 Å². The van der Waals surface area contributed by atoms with E-state index in [-0.39, 0.29) is 23.9 Å². The largest absolute Gasteiger partial charge is 0.338 e. The highest BCUT2D eigenvalue weighted by Crippen LogP contribution is 2.29. The van der Waals surface area contributed by atoms with E-state index in [1.54, 1.807) is 6.92 Å². The topological polar surface area (TPSA) is 84.3 Å². The number of carbonyl (C=O) groups excluding carboxylic acids is 2. The van der Waals surface area contributed by atoms with E-state index in [2.05, 4.69) is 24.1 Å². The molecular formula is C23H26N4O3S. The number of hydrogen-bond donors (Lipinski definition) is 1. The van der Waals surface area contributed by atoms with Crippen molar-refractivity contribution in [2.75, 3.05) is 18.4 Å². The molecule has 1 N–H and O–H groups in total. The number of thiophene rings is 1. The molecule has 0 saturated carbocycles. The minimum Gasteiger partial charge on any atom is -0.338 e. The van der Waals surface area contributed by atoms with E-state index in [1.165, 1.54) is 27.8 Å². The van der Waals surface area contributed by atoms with Crippen LogP contribution in [-0.2, 0) is 11.3 Å². The van der Waals surface area contributed by atoms with Gasteiger partial charge in [-0.25, -0.2) is 4.98 Å². The second kappa shape index (κ2) is 8.63. The van der Waals surface area contributed by atoms with E-state index >= 15 is 0 Å². The van der Waals surface area contributed by atoms with Gasteiger partial charge in [-0.3, -0.25) is 19.0 Å². The van der Waals surface area contributed by atoms with Crippen LogP contribution in [0.2, 0.25) is 0 Å². The van der Waals surface area contributed by atoms with Gasteiger partial charge in [-0.1, -0.05) is 26.0 Å². The summed E-state index contributed by atoms with van der Waals surface area (Å²) >= 11 is 1.25. The molecule has 1 saturated heterocycles. The maximum atomic E-state index is 13.0. The zero-order chi connectivity index (χ0) is 22.1. The maximum absolute atomic E-state index is 13.0. The lowest BCUT2D eigenvalue weighted by Gasteiger charge is -2.14. The minimum absolute atomic E-state index is 0.0356. The highest BCUT2D eigenvalue weighted by atomic mass is 32.1. The van der Waals surface area contributed by atoms with Crippen molar-refractivity contribution in [1.82, 2.24) is 14.5 Å². The summed E-state index contributed by atoms with van der Waals surface area (Å²) in [7, 11) is 0. The third kappa shape index (κ3) is 4.25. The standard InChI is InChI=1S/C23H26N4O3S/c1-14(2)16-6-8-17(9-7-16)25-18(28)12-27-13-24-21-19(22(27)29)15(3)20(31-21)23(30)26-10-4-5-11-26/h6-9,13-14H,4-5,10-12H2,1-3H3,(H,25,28). The Morgan fingerprint density at radius 1 is 1.16 bits per heavy atom. The molecule has 2 amide bonds. The summed E-state index contributed by atoms with van der Waals surface area (Å²) in [5.74, 6) is 0.0746. The van der Waals surface area contributed by atoms with Crippen LogP contribution in [0.4, 0.5) is 5.69 Å². The highest BCUT2D eigenvalue weighted by Gasteiger charge is 2.25. The number of nitrogens with zero attached hydrogens (tertiary/aromatic N) is 3. The molecule has 1 fully saturated rings. The summed E-state index contributed by atoms with van der Waals surface area (Å²) in [6.45, 7) is 7.37. The zero-order valence-electron chi connectivity index (χ0n) is 18.0. The first-order chi connectivity index (χ1) is 14.8. The van der Waals surface area contributed by atoms with Gasteiger partial charge in [0.1, 0.15) is 11.4 Å². The van der Waals surface area contributed by atoms with E-state index in [9.17, 15) is 14.4 Å². The van der Waals surface area contributed by atoms with Crippen molar-refractivity contribution in [1.29, 1.82) is 0 Å². The molecule has 2 aromatic heterocycles. The molecular weight excluding hydrogens is 412 g/mol. The fourth-order valence-electron chi connectivity index (χ4n) is 3.85. The summed E-state index contributed by atoms with van der Waals surface area (Å²) in [5.41, 5.74) is 2.22. The number of aromatic nitrogens is 2. The first-order valence-corrected chi connectivity index (χ1v) is 11.3. The maximum Gasteiger partial charge on any atom is 0.264 e. The van der Waals surface area contributed by atoms with Crippen LogP contribution in [0, 0.1) is 6.92 Å². The van der Waals surface area contributed by atoms with Gasteiger partial charge in [0.05, 0.1) is 16.6 Å². The van der Waals surface area contributed by atoms with Crippen molar-refractivity contribution in [3.05, 3.63) is 57.0 Å². The normalized spacial score (nSPS) is 13.9. The minimum atomic E-state index is -0.304. The van der Waals surface area contributed by atoms with Crippen LogP contribution in [0.1, 0.15) is 53.4 Å². The second-order valence-corrected chi connectivity index (χ2v) is 9.24. The van der Waals surface area contributed by atoms with E-state index in [0.717, 1.165) is 25.9 Å². The molecule has 4 rings (SSSR count). The van der Waals surface area contributed by atoms with E-state index < -0.39 is 0 Å². The molecule has 3 aromatic rings. The zero-order valence-corrected chi connectivity index (χ0v) is 18.8. The molecule has 31 heavy (non-hydrogen) atoms. The van der Waals surface area contributed by atoms with Gasteiger partial charge in [0.2, 0.25) is 5.91 Å². The summed E-state index contributed by atoms with van der Waals surface area (Å²) in [4.78, 5) is 45.6. The Morgan fingerprint density at radius 2 is 1.84 bits per heavy atom. The number of carbonyl (C=O) groups is 2. The molecule has 0 spiro atoms. The number of benzene rings is 1. The van der Waals surface area contributed by atoms with Crippen LogP contribution < -0.4 is 10.9 Å². The number of rotatable bonds is 5. The van der Waals surface area contributed by atoms with Gasteiger partial charge in [0.25, 0.3) is 11.5 Å². The number of nitrogens with one attached hydrogen (secondary N) is 1. The van der Waals surface area contributed by atoms with Crippen molar-refractivity contribution < 1.29 is 9.59 Å². The summed E-state index contributed by atoms with van der Waals surface area (Å²) < 4.78 is 1.30. The first kappa shape index (κ1) is 21.2. The first-order valence-electron chi connectivity index (χ1n) is 10.5. The Labute approximate surface area is 184 Å². The predicted molar refractivity (Wildman–Crippen MR) is 123 cm³/mol. The average Bonchev–Trinajstić information content (AvgIpc) is 3.39. The number of likely N-dealkylation sites (tertiary alicyclic amines) is 1. The van der Waals surface area contributed by atoms with Crippen molar-refractivity contribution >= 4 is 39.1 Å². The predicted octanol–water partition coefficient (Wildman–Crippen LogP) is 3.76. The number of aryl methyl sites for hydroxylation is 1. The van der Waals surface area contributed by atoms with Crippen molar-refractivity contribution in [2.24, 2.45) is 0 Å². The van der Waals surface area contributed by atoms with Gasteiger partial charge in [0, 0.05) is 18.8 Å². The number of hydrogen-bond acceptors (Lipinski definition) is 5. The fraction of sp³-hybridized carbons (Fsp3) is 0.391. The molecule has 3 heterocycles. The Morgan fingerprint density at radius 3 is 2.48 bits per heavy atom. The number of amides is 2. The Kier molecular flexibility index (Phi) is 5.91. The molecule has 0 atom stereocenters. The summed E-state index contributed by atoms with van der Waals surface area (Å²) in [6.07, 6.45) is 3.40. The van der Waals surface area contributed by atoms with E-state index in [1.807, 2.05) is 29.2 Å². The van der Waals surface area contributed by atoms with Crippen LogP contribution in [-0.4, -0.2) is 39.4 Å². The average molecular weight is 439 g/mol. The molecule has 162 valence electrons. The number of anilines is 1. The third-order valence-electron chi connectivity index (χ3n) is 5.68. The molecule has 0 unspecified atom stereocenters. The SMILES string of the molecule is Cc1c(C(=O)N2CCCC2)sc2ncn(CC(=O)Nc3ccc(C(C)C)cc3)c(=O)c12. The van der Waals surface area contributed by atoms with Crippen LogP contribution in [0.15, 0.2) is 35.4 Å². The van der Waals surface area contributed by atoms with Gasteiger partial charge >= 0.3 is 0 Å². The van der Waals surface area contributed by atoms with Crippen LogP contribution >= 0.6 is 11.3 Å². The van der Waals surface area contributed by atoms with Gasteiger partial charge in [-0.15, -0.1) is 11.3 Å². The lowest BCUT2D eigenvalue weighted by Crippen LogP contribution is -2.28. The molecule has 0 bridgehead atoms. The quantitative estimate of drug-likeness (QED) is 0.657. The Bertz CT molecular complexity index is 1190. The van der Waals surface area contributed by atoms with Gasteiger partial charge < -0.3 is 10.2 Å². The lowest BCUT2D eigenvalue weighted by atomic mass is 10.0. The molecule has 7 nitrogen and oxygen atoms in total.